The highest BCUT2D eigenvalue weighted by molar-refractivity contribution is 6.21. The predicted octanol–water partition coefficient (Wildman–Crippen LogP) is 3.77. The van der Waals surface area contributed by atoms with Crippen molar-refractivity contribution >= 4 is 17.6 Å². The summed E-state index contributed by atoms with van der Waals surface area (Å²) in [5.74, 6) is -0.947. The van der Waals surface area contributed by atoms with E-state index in [9.17, 15) is 14.3 Å². The minimum atomic E-state index is -1.07. The molecule has 0 heterocycles. The van der Waals surface area contributed by atoms with E-state index >= 15 is 0 Å². The van der Waals surface area contributed by atoms with Gasteiger partial charge in [0.15, 0.2) is 0 Å². The lowest BCUT2D eigenvalue weighted by Crippen LogP contribution is -2.02. The summed E-state index contributed by atoms with van der Waals surface area (Å²) in [6.07, 6.45) is 1.50. The molecule has 4 heteroatoms. The third kappa shape index (κ3) is 3.48. The van der Waals surface area contributed by atoms with Gasteiger partial charge in [-0.3, -0.25) is 0 Å². The van der Waals surface area contributed by atoms with Crippen molar-refractivity contribution in [3.05, 3.63) is 65.0 Å². The first-order valence-electron chi connectivity index (χ1n) is 6.37. The van der Waals surface area contributed by atoms with Gasteiger partial charge in [-0.05, 0) is 42.8 Å². The number of carboxylic acids is 1. The summed E-state index contributed by atoms with van der Waals surface area (Å²) in [5, 5.41) is 9.46. The molecule has 21 heavy (non-hydrogen) atoms. The summed E-state index contributed by atoms with van der Waals surface area (Å²) in [6.45, 7) is 1.88. The number of methoxy groups -OCH3 is 1. The van der Waals surface area contributed by atoms with Crippen molar-refractivity contribution < 1.29 is 19.0 Å². The monoisotopic (exact) mass is 286 g/mol. The van der Waals surface area contributed by atoms with Crippen LogP contribution >= 0.6 is 0 Å². The Balaban J connectivity index is 2.56. The molecule has 0 aliphatic rings. The van der Waals surface area contributed by atoms with E-state index in [0.29, 0.717) is 16.9 Å². The van der Waals surface area contributed by atoms with Crippen LogP contribution in [0.3, 0.4) is 0 Å². The zero-order valence-corrected chi connectivity index (χ0v) is 11.8. The number of benzene rings is 2. The molecule has 0 aliphatic carbocycles. The van der Waals surface area contributed by atoms with Crippen LogP contribution in [0.5, 0.6) is 5.75 Å². The third-order valence-electron chi connectivity index (χ3n) is 3.06. The number of halogens is 1. The Morgan fingerprint density at radius 1 is 1.19 bits per heavy atom. The Labute approximate surface area is 122 Å². The molecule has 1 N–H and O–H groups in total. The van der Waals surface area contributed by atoms with Crippen molar-refractivity contribution in [3.8, 4) is 5.75 Å². The summed E-state index contributed by atoms with van der Waals surface area (Å²) in [6, 6.07) is 11.0. The van der Waals surface area contributed by atoms with E-state index in [2.05, 4.69) is 0 Å². The lowest BCUT2D eigenvalue weighted by atomic mass is 10.00. The molecule has 0 saturated carbocycles. The van der Waals surface area contributed by atoms with Crippen molar-refractivity contribution in [2.45, 2.75) is 6.92 Å². The zero-order valence-electron chi connectivity index (χ0n) is 11.8. The van der Waals surface area contributed by atoms with Gasteiger partial charge in [-0.1, -0.05) is 23.8 Å². The van der Waals surface area contributed by atoms with E-state index in [-0.39, 0.29) is 11.4 Å². The van der Waals surface area contributed by atoms with Crippen LogP contribution in [0, 0.1) is 12.7 Å². The molecule has 0 radical (unpaired) electrons. The van der Waals surface area contributed by atoms with E-state index in [0.717, 1.165) is 5.56 Å². The number of carbonyl (C=O) groups is 1. The normalized spacial score (nSPS) is 11.3. The number of aryl methyl sites for hydroxylation is 1. The molecule has 2 rings (SSSR count). The van der Waals surface area contributed by atoms with E-state index in [4.69, 9.17) is 4.74 Å². The van der Waals surface area contributed by atoms with Gasteiger partial charge in [-0.2, -0.15) is 0 Å². The van der Waals surface area contributed by atoms with Crippen molar-refractivity contribution in [2.75, 3.05) is 7.11 Å². The molecule has 0 spiro atoms. The number of carboxylic acid groups (broad SMARTS) is 1. The molecule has 0 atom stereocenters. The lowest BCUT2D eigenvalue weighted by molar-refractivity contribution is -0.130. The molecule has 0 aliphatic heterocycles. The summed E-state index contributed by atoms with van der Waals surface area (Å²) in [7, 11) is 1.49. The maximum atomic E-state index is 12.9. The molecule has 3 nitrogen and oxygen atoms in total. The summed E-state index contributed by atoms with van der Waals surface area (Å²) in [5.41, 5.74) is 2.13. The number of rotatable bonds is 4. The molecule has 0 unspecified atom stereocenters. The fraction of sp³-hybridized carbons (Fsp3) is 0.118. The molecule has 0 aromatic heterocycles. The number of ether oxygens (including phenoxy) is 1. The molecule has 0 fully saturated rings. The Morgan fingerprint density at radius 2 is 1.86 bits per heavy atom. The molecular formula is C17H15FO3. The molecule has 0 bridgehead atoms. The van der Waals surface area contributed by atoms with Gasteiger partial charge in [0.25, 0.3) is 0 Å². The quantitative estimate of drug-likeness (QED) is 0.687. The number of aliphatic carboxylic acids is 1. The maximum Gasteiger partial charge on any atom is 0.336 e. The lowest BCUT2D eigenvalue weighted by Gasteiger charge is -2.10. The van der Waals surface area contributed by atoms with Gasteiger partial charge >= 0.3 is 5.97 Å². The Kier molecular flexibility index (Phi) is 4.38. The minimum Gasteiger partial charge on any atom is -0.496 e. The van der Waals surface area contributed by atoms with Gasteiger partial charge in [-0.25, -0.2) is 9.18 Å². The fourth-order valence-electron chi connectivity index (χ4n) is 2.01. The standard InChI is InChI=1S/C17H15FO3/c1-11-3-8-16(21-2)14(9-11)15(17(19)20)10-12-4-6-13(18)7-5-12/h3-10H,1-2H3,(H,19,20)/b15-10-. The van der Waals surface area contributed by atoms with Crippen LogP contribution in [0.25, 0.3) is 11.6 Å². The van der Waals surface area contributed by atoms with Crippen LogP contribution in [-0.2, 0) is 4.79 Å². The van der Waals surface area contributed by atoms with Gasteiger partial charge in [0.1, 0.15) is 11.6 Å². The second kappa shape index (κ2) is 6.22. The molecule has 2 aromatic carbocycles. The highest BCUT2D eigenvalue weighted by atomic mass is 19.1. The second-order valence-electron chi connectivity index (χ2n) is 4.62. The zero-order chi connectivity index (χ0) is 15.4. The Bertz CT molecular complexity index is 688. The number of hydrogen-bond acceptors (Lipinski definition) is 2. The van der Waals surface area contributed by atoms with Gasteiger partial charge in [0.05, 0.1) is 12.7 Å². The van der Waals surface area contributed by atoms with Gasteiger partial charge < -0.3 is 9.84 Å². The van der Waals surface area contributed by atoms with Crippen LogP contribution in [0.1, 0.15) is 16.7 Å². The molecule has 0 saturated heterocycles. The van der Waals surface area contributed by atoms with Crippen molar-refractivity contribution in [1.82, 2.24) is 0 Å². The average Bonchev–Trinajstić information content (AvgIpc) is 2.46. The van der Waals surface area contributed by atoms with Crippen LogP contribution in [0.4, 0.5) is 4.39 Å². The Morgan fingerprint density at radius 3 is 2.43 bits per heavy atom. The summed E-state index contributed by atoms with van der Waals surface area (Å²) >= 11 is 0. The van der Waals surface area contributed by atoms with Crippen LogP contribution in [-0.4, -0.2) is 18.2 Å². The fourth-order valence-corrected chi connectivity index (χ4v) is 2.01. The van der Waals surface area contributed by atoms with Crippen molar-refractivity contribution in [1.29, 1.82) is 0 Å². The second-order valence-corrected chi connectivity index (χ2v) is 4.62. The first-order valence-corrected chi connectivity index (χ1v) is 6.37. The Hall–Kier alpha value is -2.62. The maximum absolute atomic E-state index is 12.9. The molecular weight excluding hydrogens is 271 g/mol. The van der Waals surface area contributed by atoms with Crippen LogP contribution in [0.2, 0.25) is 0 Å². The van der Waals surface area contributed by atoms with Gasteiger partial charge in [0.2, 0.25) is 0 Å². The van der Waals surface area contributed by atoms with Crippen molar-refractivity contribution in [3.63, 3.8) is 0 Å². The van der Waals surface area contributed by atoms with Crippen LogP contribution < -0.4 is 4.74 Å². The molecule has 2 aromatic rings. The highest BCUT2D eigenvalue weighted by Gasteiger charge is 2.15. The van der Waals surface area contributed by atoms with E-state index < -0.39 is 5.97 Å². The summed E-state index contributed by atoms with van der Waals surface area (Å²) < 4.78 is 18.1. The third-order valence-corrected chi connectivity index (χ3v) is 3.06. The first kappa shape index (κ1) is 14.8. The molecule has 0 amide bonds. The average molecular weight is 286 g/mol. The topological polar surface area (TPSA) is 46.5 Å². The van der Waals surface area contributed by atoms with E-state index in [1.54, 1.807) is 12.1 Å². The van der Waals surface area contributed by atoms with E-state index in [1.807, 2.05) is 13.0 Å². The van der Waals surface area contributed by atoms with Crippen LogP contribution in [0.15, 0.2) is 42.5 Å². The van der Waals surface area contributed by atoms with E-state index in [1.165, 1.54) is 37.5 Å². The van der Waals surface area contributed by atoms with Crippen molar-refractivity contribution in [2.24, 2.45) is 0 Å². The minimum absolute atomic E-state index is 0.0992. The first-order chi connectivity index (χ1) is 10.0. The summed E-state index contributed by atoms with van der Waals surface area (Å²) in [4.78, 5) is 11.6. The number of hydrogen-bond donors (Lipinski definition) is 1. The molecule has 108 valence electrons. The van der Waals surface area contributed by atoms with Gasteiger partial charge in [-0.15, -0.1) is 0 Å². The predicted molar refractivity (Wildman–Crippen MR) is 79.6 cm³/mol. The SMILES string of the molecule is COc1ccc(C)cc1/C(=C/c1ccc(F)cc1)C(=O)O. The highest BCUT2D eigenvalue weighted by Crippen LogP contribution is 2.29. The largest absolute Gasteiger partial charge is 0.496 e. The van der Waals surface area contributed by atoms with Gasteiger partial charge in [0, 0.05) is 5.56 Å². The smallest absolute Gasteiger partial charge is 0.336 e.